The molecular formula is C24H20N6O2S. The standard InChI is InChI=1S/C24H20N6O2S/c1-15-12-17(16(2)30(15)19-7-9-20(32-3)10-8-19)13-18(14-25)22(31)27-24-29-28-23(33-24)21-6-4-5-11-26-21/h4-13H,1-3H3,(H,27,29,31)/b18-13-. The van der Waals surface area contributed by atoms with Gasteiger partial charge in [-0.1, -0.05) is 17.4 Å². The summed E-state index contributed by atoms with van der Waals surface area (Å²) in [5.74, 6) is 0.225. The van der Waals surface area contributed by atoms with Crippen LogP contribution < -0.4 is 10.1 Å². The zero-order valence-electron chi connectivity index (χ0n) is 18.2. The number of methoxy groups -OCH3 is 1. The highest BCUT2D eigenvalue weighted by Gasteiger charge is 2.16. The van der Waals surface area contributed by atoms with Gasteiger partial charge in [0.25, 0.3) is 5.91 Å². The van der Waals surface area contributed by atoms with Crippen molar-refractivity contribution < 1.29 is 9.53 Å². The van der Waals surface area contributed by atoms with E-state index in [1.54, 1.807) is 19.4 Å². The number of aromatic nitrogens is 4. The van der Waals surface area contributed by atoms with Crippen molar-refractivity contribution in [3.05, 3.63) is 77.3 Å². The van der Waals surface area contributed by atoms with E-state index in [-0.39, 0.29) is 5.57 Å². The second-order valence-electron chi connectivity index (χ2n) is 7.11. The number of rotatable bonds is 6. The third-order valence-corrected chi connectivity index (χ3v) is 5.86. The maximum Gasteiger partial charge on any atom is 0.268 e. The van der Waals surface area contributed by atoms with Crippen LogP contribution in [0, 0.1) is 25.2 Å². The normalized spacial score (nSPS) is 11.2. The smallest absolute Gasteiger partial charge is 0.268 e. The molecule has 1 amide bonds. The summed E-state index contributed by atoms with van der Waals surface area (Å²) < 4.78 is 7.29. The van der Waals surface area contributed by atoms with Crippen LogP contribution in [0.15, 0.2) is 60.3 Å². The highest BCUT2D eigenvalue weighted by Crippen LogP contribution is 2.26. The fourth-order valence-electron chi connectivity index (χ4n) is 3.40. The lowest BCUT2D eigenvalue weighted by molar-refractivity contribution is -0.112. The van der Waals surface area contributed by atoms with Gasteiger partial charge in [0, 0.05) is 23.3 Å². The van der Waals surface area contributed by atoms with Gasteiger partial charge in [-0.05, 0) is 68.0 Å². The molecule has 33 heavy (non-hydrogen) atoms. The lowest BCUT2D eigenvalue weighted by Gasteiger charge is -2.10. The van der Waals surface area contributed by atoms with E-state index in [4.69, 9.17) is 4.74 Å². The zero-order valence-corrected chi connectivity index (χ0v) is 19.1. The van der Waals surface area contributed by atoms with Crippen molar-refractivity contribution in [1.29, 1.82) is 5.26 Å². The minimum atomic E-state index is -0.546. The molecule has 3 aromatic heterocycles. The minimum Gasteiger partial charge on any atom is -0.497 e. The maximum absolute atomic E-state index is 12.7. The van der Waals surface area contributed by atoms with Crippen molar-refractivity contribution >= 4 is 28.5 Å². The van der Waals surface area contributed by atoms with Crippen molar-refractivity contribution in [3.63, 3.8) is 0 Å². The number of carbonyl (C=O) groups excluding carboxylic acids is 1. The number of ether oxygens (including phenoxy) is 1. The molecule has 0 aliphatic rings. The number of hydrogen-bond donors (Lipinski definition) is 1. The van der Waals surface area contributed by atoms with E-state index in [2.05, 4.69) is 25.1 Å². The quantitative estimate of drug-likeness (QED) is 0.337. The van der Waals surface area contributed by atoms with Crippen molar-refractivity contribution in [2.45, 2.75) is 13.8 Å². The number of pyridine rings is 1. The van der Waals surface area contributed by atoms with Gasteiger partial charge in [0.15, 0.2) is 5.01 Å². The van der Waals surface area contributed by atoms with E-state index in [0.717, 1.165) is 28.4 Å². The number of carbonyl (C=O) groups is 1. The van der Waals surface area contributed by atoms with Crippen LogP contribution >= 0.6 is 11.3 Å². The molecule has 0 aliphatic carbocycles. The van der Waals surface area contributed by atoms with Crippen LogP contribution in [0.3, 0.4) is 0 Å². The van der Waals surface area contributed by atoms with Crippen molar-refractivity contribution in [3.8, 4) is 28.2 Å². The third kappa shape index (κ3) is 4.66. The topological polar surface area (TPSA) is 106 Å². The highest BCUT2D eigenvalue weighted by molar-refractivity contribution is 7.18. The van der Waals surface area contributed by atoms with Gasteiger partial charge < -0.3 is 9.30 Å². The van der Waals surface area contributed by atoms with E-state index in [1.807, 2.05) is 68.4 Å². The van der Waals surface area contributed by atoms with E-state index >= 15 is 0 Å². The van der Waals surface area contributed by atoms with Gasteiger partial charge in [0.1, 0.15) is 23.1 Å². The molecule has 0 spiro atoms. The van der Waals surface area contributed by atoms with Gasteiger partial charge in [0.05, 0.1) is 7.11 Å². The van der Waals surface area contributed by atoms with Crippen LogP contribution in [-0.4, -0.2) is 32.8 Å². The Labute approximate surface area is 194 Å². The fraction of sp³-hybridized carbons (Fsp3) is 0.125. The van der Waals surface area contributed by atoms with E-state index in [1.165, 1.54) is 11.3 Å². The first-order chi connectivity index (χ1) is 16.0. The number of nitrogens with zero attached hydrogens (tertiary/aromatic N) is 5. The molecule has 4 aromatic rings. The third-order valence-electron chi connectivity index (χ3n) is 5.00. The molecule has 0 bridgehead atoms. The number of aryl methyl sites for hydroxylation is 1. The van der Waals surface area contributed by atoms with Crippen molar-refractivity contribution in [2.75, 3.05) is 12.4 Å². The Hall–Kier alpha value is -4.29. The van der Waals surface area contributed by atoms with Crippen LogP contribution in [-0.2, 0) is 4.79 Å². The highest BCUT2D eigenvalue weighted by atomic mass is 32.1. The van der Waals surface area contributed by atoms with Gasteiger partial charge in [0.2, 0.25) is 5.13 Å². The maximum atomic E-state index is 12.7. The Bertz CT molecular complexity index is 1360. The Kier molecular flexibility index (Phi) is 6.29. The first-order valence-electron chi connectivity index (χ1n) is 10.0. The molecule has 0 radical (unpaired) electrons. The number of hydrogen-bond acceptors (Lipinski definition) is 7. The molecule has 8 nitrogen and oxygen atoms in total. The Morgan fingerprint density at radius 1 is 1.18 bits per heavy atom. The van der Waals surface area contributed by atoms with Gasteiger partial charge in [-0.25, -0.2) is 0 Å². The number of anilines is 1. The molecule has 3 heterocycles. The SMILES string of the molecule is COc1ccc(-n2c(C)cc(/C=C(/C#N)C(=O)Nc3nnc(-c4ccccn4)s3)c2C)cc1. The summed E-state index contributed by atoms with van der Waals surface area (Å²) in [5.41, 5.74) is 4.26. The number of nitriles is 1. The Morgan fingerprint density at radius 2 is 1.97 bits per heavy atom. The Morgan fingerprint density at radius 3 is 2.64 bits per heavy atom. The second kappa shape index (κ2) is 9.46. The van der Waals surface area contributed by atoms with Gasteiger partial charge in [-0.15, -0.1) is 10.2 Å². The molecule has 0 aliphatic heterocycles. The summed E-state index contributed by atoms with van der Waals surface area (Å²) in [5, 5.41) is 21.2. The molecule has 0 atom stereocenters. The average molecular weight is 457 g/mol. The summed E-state index contributed by atoms with van der Waals surface area (Å²) in [4.78, 5) is 17.0. The fourth-order valence-corrected chi connectivity index (χ4v) is 4.11. The molecule has 0 unspecified atom stereocenters. The molecule has 0 saturated heterocycles. The molecule has 1 aromatic carbocycles. The minimum absolute atomic E-state index is 0.0282. The zero-order chi connectivity index (χ0) is 23.4. The summed E-state index contributed by atoms with van der Waals surface area (Å²) in [6, 6.07) is 17.1. The summed E-state index contributed by atoms with van der Waals surface area (Å²) in [7, 11) is 1.62. The lowest BCUT2D eigenvalue weighted by atomic mass is 10.1. The second-order valence-corrected chi connectivity index (χ2v) is 8.09. The number of benzene rings is 1. The van der Waals surface area contributed by atoms with Gasteiger partial charge >= 0.3 is 0 Å². The van der Waals surface area contributed by atoms with Crippen LogP contribution in [0.4, 0.5) is 5.13 Å². The van der Waals surface area contributed by atoms with Crippen LogP contribution in [0.1, 0.15) is 17.0 Å². The van der Waals surface area contributed by atoms with Gasteiger partial charge in [-0.2, -0.15) is 5.26 Å². The van der Waals surface area contributed by atoms with Crippen molar-refractivity contribution in [1.82, 2.24) is 19.7 Å². The van der Waals surface area contributed by atoms with E-state index in [9.17, 15) is 10.1 Å². The molecular weight excluding hydrogens is 436 g/mol. The first kappa shape index (κ1) is 21.9. The largest absolute Gasteiger partial charge is 0.497 e. The monoisotopic (exact) mass is 456 g/mol. The van der Waals surface area contributed by atoms with Crippen LogP contribution in [0.5, 0.6) is 5.75 Å². The van der Waals surface area contributed by atoms with Crippen molar-refractivity contribution in [2.24, 2.45) is 0 Å². The predicted molar refractivity (Wildman–Crippen MR) is 127 cm³/mol. The molecule has 0 saturated carbocycles. The molecule has 9 heteroatoms. The molecule has 1 N–H and O–H groups in total. The summed E-state index contributed by atoms with van der Waals surface area (Å²) in [6.45, 7) is 3.92. The Balaban J connectivity index is 1.57. The van der Waals surface area contributed by atoms with Crippen LogP contribution in [0.2, 0.25) is 0 Å². The summed E-state index contributed by atoms with van der Waals surface area (Å²) >= 11 is 1.19. The molecule has 4 rings (SSSR count). The predicted octanol–water partition coefficient (Wildman–Crippen LogP) is 4.56. The lowest BCUT2D eigenvalue weighted by Crippen LogP contribution is -2.13. The molecule has 0 fully saturated rings. The number of amides is 1. The van der Waals surface area contributed by atoms with Crippen LogP contribution in [0.25, 0.3) is 22.5 Å². The summed E-state index contributed by atoms with van der Waals surface area (Å²) in [6.07, 6.45) is 3.24. The first-order valence-corrected chi connectivity index (χ1v) is 10.8. The van der Waals surface area contributed by atoms with E-state index < -0.39 is 5.91 Å². The van der Waals surface area contributed by atoms with E-state index in [0.29, 0.717) is 15.8 Å². The van der Waals surface area contributed by atoms with Gasteiger partial charge in [-0.3, -0.25) is 15.1 Å². The molecule has 164 valence electrons. The number of nitrogens with one attached hydrogen (secondary N) is 1. The average Bonchev–Trinajstić information content (AvgIpc) is 3.41.